The number of nitrogens with one attached hydrogen (secondary N) is 2. The number of imide groups is 1. The molecule has 1 saturated heterocycles. The molecule has 7 heteroatoms. The van der Waals surface area contributed by atoms with Gasteiger partial charge in [0.25, 0.3) is 5.91 Å². The molecule has 1 aromatic rings. The number of amides is 4. The average Bonchev–Trinajstić information content (AvgIpc) is 2.75. The number of anilines is 1. The summed E-state index contributed by atoms with van der Waals surface area (Å²) in [7, 11) is 0. The van der Waals surface area contributed by atoms with E-state index < -0.39 is 23.3 Å². The Balaban J connectivity index is 2.05. The minimum absolute atomic E-state index is 0.356. The molecule has 1 heterocycles. The highest BCUT2D eigenvalue weighted by atomic mass is 19.1. The second kappa shape index (κ2) is 7.42. The molecule has 0 aromatic heterocycles. The van der Waals surface area contributed by atoms with E-state index in [0.717, 1.165) is 17.7 Å². The van der Waals surface area contributed by atoms with Gasteiger partial charge in [0, 0.05) is 5.69 Å². The Hall–Kier alpha value is -2.44. The van der Waals surface area contributed by atoms with Crippen LogP contribution in [0, 0.1) is 5.82 Å². The van der Waals surface area contributed by atoms with E-state index in [1.165, 1.54) is 24.3 Å². The number of hydrogen-bond donors (Lipinski definition) is 2. The summed E-state index contributed by atoms with van der Waals surface area (Å²) in [5.74, 6) is -1.27. The SMILES string of the molecule is CCCC1(CCC)NC(=O)N(CC(=O)Nc2ccc(F)cc2)C1=O. The first kappa shape index (κ1) is 17.9. The van der Waals surface area contributed by atoms with Gasteiger partial charge in [0.15, 0.2) is 0 Å². The molecule has 1 aromatic carbocycles. The lowest BCUT2D eigenvalue weighted by atomic mass is 9.88. The molecule has 0 aliphatic carbocycles. The predicted molar refractivity (Wildman–Crippen MR) is 87.8 cm³/mol. The normalized spacial score (nSPS) is 16.2. The van der Waals surface area contributed by atoms with Crippen LogP contribution in [-0.2, 0) is 9.59 Å². The van der Waals surface area contributed by atoms with Crippen molar-refractivity contribution in [2.45, 2.75) is 45.1 Å². The van der Waals surface area contributed by atoms with Crippen molar-refractivity contribution in [2.75, 3.05) is 11.9 Å². The first-order chi connectivity index (χ1) is 11.4. The van der Waals surface area contributed by atoms with Gasteiger partial charge in [-0.15, -0.1) is 0 Å². The third-order valence-electron chi connectivity index (χ3n) is 4.03. The van der Waals surface area contributed by atoms with Crippen molar-refractivity contribution >= 4 is 23.5 Å². The summed E-state index contributed by atoms with van der Waals surface area (Å²) in [6.45, 7) is 3.53. The lowest BCUT2D eigenvalue weighted by Crippen LogP contribution is -2.47. The Labute approximate surface area is 140 Å². The van der Waals surface area contributed by atoms with E-state index in [1.54, 1.807) is 0 Å². The van der Waals surface area contributed by atoms with E-state index in [4.69, 9.17) is 0 Å². The van der Waals surface area contributed by atoms with Crippen molar-refractivity contribution in [2.24, 2.45) is 0 Å². The molecular weight excluding hydrogens is 313 g/mol. The third kappa shape index (κ3) is 3.72. The molecule has 0 radical (unpaired) electrons. The van der Waals surface area contributed by atoms with Gasteiger partial charge in [-0.25, -0.2) is 9.18 Å². The van der Waals surface area contributed by atoms with Crippen LogP contribution in [0.5, 0.6) is 0 Å². The molecule has 0 spiro atoms. The Morgan fingerprint density at radius 1 is 1.17 bits per heavy atom. The highest BCUT2D eigenvalue weighted by Crippen LogP contribution is 2.28. The van der Waals surface area contributed by atoms with Gasteiger partial charge in [0.05, 0.1) is 0 Å². The molecule has 2 rings (SSSR count). The molecule has 0 unspecified atom stereocenters. The van der Waals surface area contributed by atoms with Crippen LogP contribution in [0.15, 0.2) is 24.3 Å². The van der Waals surface area contributed by atoms with E-state index in [0.29, 0.717) is 18.5 Å². The maximum absolute atomic E-state index is 12.9. The number of carbonyl (C=O) groups is 3. The molecule has 6 nitrogen and oxygen atoms in total. The minimum atomic E-state index is -0.906. The van der Waals surface area contributed by atoms with Crippen LogP contribution in [0.3, 0.4) is 0 Å². The topological polar surface area (TPSA) is 78.5 Å². The Morgan fingerprint density at radius 2 is 1.75 bits per heavy atom. The molecule has 1 aliphatic heterocycles. The molecule has 4 amide bonds. The summed E-state index contributed by atoms with van der Waals surface area (Å²) in [5.41, 5.74) is -0.502. The van der Waals surface area contributed by atoms with Gasteiger partial charge < -0.3 is 10.6 Å². The van der Waals surface area contributed by atoms with Crippen LogP contribution in [0.1, 0.15) is 39.5 Å². The van der Waals surface area contributed by atoms with Crippen LogP contribution in [0.2, 0.25) is 0 Å². The zero-order chi connectivity index (χ0) is 17.7. The number of hydrogen-bond acceptors (Lipinski definition) is 3. The molecule has 0 saturated carbocycles. The minimum Gasteiger partial charge on any atom is -0.325 e. The molecule has 0 bridgehead atoms. The highest BCUT2D eigenvalue weighted by Gasteiger charge is 2.50. The van der Waals surface area contributed by atoms with Crippen LogP contribution in [-0.4, -0.2) is 34.8 Å². The van der Waals surface area contributed by atoms with Crippen molar-refractivity contribution in [1.29, 1.82) is 0 Å². The van der Waals surface area contributed by atoms with Crippen molar-refractivity contribution in [3.8, 4) is 0 Å². The highest BCUT2D eigenvalue weighted by molar-refractivity contribution is 6.10. The Kier molecular flexibility index (Phi) is 5.54. The van der Waals surface area contributed by atoms with E-state index in [2.05, 4.69) is 10.6 Å². The summed E-state index contributed by atoms with van der Waals surface area (Å²) in [4.78, 5) is 37.9. The largest absolute Gasteiger partial charge is 0.325 e. The second-order valence-corrected chi connectivity index (χ2v) is 5.96. The average molecular weight is 335 g/mol. The lowest BCUT2D eigenvalue weighted by Gasteiger charge is -2.25. The maximum atomic E-state index is 12.9. The fourth-order valence-electron chi connectivity index (χ4n) is 3.01. The molecular formula is C17H22FN3O3. The number of nitrogens with zero attached hydrogens (tertiary/aromatic N) is 1. The van der Waals surface area contributed by atoms with Gasteiger partial charge in [-0.3, -0.25) is 14.5 Å². The van der Waals surface area contributed by atoms with Crippen molar-refractivity contribution in [1.82, 2.24) is 10.2 Å². The number of urea groups is 1. The number of benzene rings is 1. The van der Waals surface area contributed by atoms with Crippen molar-refractivity contribution in [3.05, 3.63) is 30.1 Å². The van der Waals surface area contributed by atoms with Crippen LogP contribution in [0.4, 0.5) is 14.9 Å². The first-order valence-electron chi connectivity index (χ1n) is 8.11. The van der Waals surface area contributed by atoms with E-state index in [1.807, 2.05) is 13.8 Å². The molecule has 1 fully saturated rings. The van der Waals surface area contributed by atoms with Gasteiger partial charge in [-0.1, -0.05) is 26.7 Å². The predicted octanol–water partition coefficient (Wildman–Crippen LogP) is 2.66. The van der Waals surface area contributed by atoms with E-state index in [-0.39, 0.29) is 12.5 Å². The molecule has 2 N–H and O–H groups in total. The van der Waals surface area contributed by atoms with Crippen molar-refractivity contribution in [3.63, 3.8) is 0 Å². The summed E-state index contributed by atoms with van der Waals surface area (Å²) < 4.78 is 12.9. The third-order valence-corrected chi connectivity index (χ3v) is 4.03. The fraction of sp³-hybridized carbons (Fsp3) is 0.471. The van der Waals surface area contributed by atoms with E-state index in [9.17, 15) is 18.8 Å². The monoisotopic (exact) mass is 335 g/mol. The Bertz CT molecular complexity index is 624. The van der Waals surface area contributed by atoms with Gasteiger partial charge in [0.1, 0.15) is 17.9 Å². The first-order valence-corrected chi connectivity index (χ1v) is 8.11. The van der Waals surface area contributed by atoms with Gasteiger partial charge >= 0.3 is 6.03 Å². The summed E-state index contributed by atoms with van der Waals surface area (Å²) in [6, 6.07) is 4.72. The second-order valence-electron chi connectivity index (χ2n) is 5.96. The maximum Gasteiger partial charge on any atom is 0.325 e. The molecule has 130 valence electrons. The van der Waals surface area contributed by atoms with Crippen molar-refractivity contribution < 1.29 is 18.8 Å². The summed E-state index contributed by atoms with van der Waals surface area (Å²) in [6.07, 6.45) is 2.59. The number of halogens is 1. The van der Waals surface area contributed by atoms with Gasteiger partial charge in [0.2, 0.25) is 5.91 Å². The van der Waals surface area contributed by atoms with Crippen LogP contribution >= 0.6 is 0 Å². The standard InChI is InChI=1S/C17H22FN3O3/c1-3-9-17(10-4-2)15(23)21(16(24)20-17)11-14(22)19-13-7-5-12(18)6-8-13/h5-8H,3-4,9-11H2,1-2H3,(H,19,22)(H,20,24). The lowest BCUT2D eigenvalue weighted by molar-refractivity contribution is -0.134. The Morgan fingerprint density at radius 3 is 2.29 bits per heavy atom. The fourth-order valence-corrected chi connectivity index (χ4v) is 3.01. The zero-order valence-electron chi connectivity index (χ0n) is 13.9. The summed E-state index contributed by atoms with van der Waals surface area (Å²) >= 11 is 0. The van der Waals surface area contributed by atoms with Crippen LogP contribution < -0.4 is 10.6 Å². The number of carbonyl (C=O) groups excluding carboxylic acids is 3. The molecule has 1 aliphatic rings. The molecule has 24 heavy (non-hydrogen) atoms. The van der Waals surface area contributed by atoms with E-state index >= 15 is 0 Å². The zero-order valence-corrected chi connectivity index (χ0v) is 13.9. The van der Waals surface area contributed by atoms with Crippen LogP contribution in [0.25, 0.3) is 0 Å². The summed E-state index contributed by atoms with van der Waals surface area (Å²) in [5, 5.41) is 5.30. The number of rotatable bonds is 7. The van der Waals surface area contributed by atoms with Gasteiger partial charge in [-0.05, 0) is 37.1 Å². The van der Waals surface area contributed by atoms with Gasteiger partial charge in [-0.2, -0.15) is 0 Å². The molecule has 0 atom stereocenters. The smallest absolute Gasteiger partial charge is 0.325 e. The quantitative estimate of drug-likeness (QED) is 0.752.